The Balaban J connectivity index is 1.75. The third-order valence-corrected chi connectivity index (χ3v) is 5.82. The van der Waals surface area contributed by atoms with Crippen molar-refractivity contribution in [2.45, 2.75) is 26.3 Å². The Kier molecular flexibility index (Phi) is 8.78. The second-order valence-electron chi connectivity index (χ2n) is 7.68. The molecule has 2 aromatic rings. The van der Waals surface area contributed by atoms with E-state index in [0.717, 1.165) is 0 Å². The van der Waals surface area contributed by atoms with Crippen LogP contribution in [-0.2, 0) is 19.1 Å². The first-order valence-electron chi connectivity index (χ1n) is 10.9. The highest BCUT2D eigenvalue weighted by molar-refractivity contribution is 7.80. The number of ether oxygens (including phenoxy) is 1. The Labute approximate surface area is 213 Å². The number of carbonyl (C=O) groups is 4. The van der Waals surface area contributed by atoms with E-state index in [9.17, 15) is 19.2 Å². The zero-order valence-corrected chi connectivity index (χ0v) is 20.8. The Bertz CT molecular complexity index is 1140. The molecule has 2 aromatic carbocycles. The molecule has 11 heteroatoms. The van der Waals surface area contributed by atoms with Gasteiger partial charge in [0.2, 0.25) is 11.8 Å². The fraction of sp³-hybridized carbons (Fsp3) is 0.292. The summed E-state index contributed by atoms with van der Waals surface area (Å²) < 4.78 is 4.95. The van der Waals surface area contributed by atoms with Gasteiger partial charge in [0.05, 0.1) is 24.3 Å². The molecule has 1 saturated heterocycles. The maximum Gasteiger partial charge on any atom is 0.338 e. The second-order valence-corrected chi connectivity index (χ2v) is 8.48. The molecule has 9 nitrogen and oxygen atoms in total. The molecule has 1 atom stereocenters. The number of amides is 3. The standard InChI is InChI=1S/C24H25ClN4O5S/c1-3-34-23(33)16-7-9-18(10-8-16)27-21(31)14-20-22(32)29(19-6-4-5-17(25)13-19)24(35)28(20)12-11-26-15(2)30/h4-10,13,20H,3,11-12,14H2,1-2H3,(H,26,30)(H,27,31). The number of thiocarbonyl (C=S) groups is 1. The van der Waals surface area contributed by atoms with Crippen LogP contribution in [0.2, 0.25) is 5.02 Å². The van der Waals surface area contributed by atoms with E-state index in [2.05, 4.69) is 10.6 Å². The van der Waals surface area contributed by atoms with Crippen LogP contribution in [0.5, 0.6) is 0 Å². The van der Waals surface area contributed by atoms with Crippen LogP contribution in [0.1, 0.15) is 30.6 Å². The van der Waals surface area contributed by atoms with E-state index < -0.39 is 17.9 Å². The van der Waals surface area contributed by atoms with Crippen LogP contribution in [0.25, 0.3) is 0 Å². The van der Waals surface area contributed by atoms with E-state index in [1.807, 2.05) is 0 Å². The van der Waals surface area contributed by atoms with Crippen LogP contribution in [0.4, 0.5) is 11.4 Å². The van der Waals surface area contributed by atoms with E-state index >= 15 is 0 Å². The molecule has 1 unspecified atom stereocenters. The number of carbonyl (C=O) groups excluding carboxylic acids is 4. The van der Waals surface area contributed by atoms with Crippen LogP contribution < -0.4 is 15.5 Å². The molecule has 1 aliphatic heterocycles. The van der Waals surface area contributed by atoms with Crippen LogP contribution in [0, 0.1) is 0 Å². The lowest BCUT2D eigenvalue weighted by Crippen LogP contribution is -2.42. The van der Waals surface area contributed by atoms with Gasteiger partial charge >= 0.3 is 5.97 Å². The lowest BCUT2D eigenvalue weighted by atomic mass is 10.1. The van der Waals surface area contributed by atoms with Gasteiger partial charge in [-0.2, -0.15) is 0 Å². The predicted octanol–water partition coefficient (Wildman–Crippen LogP) is 2.98. The molecule has 1 aliphatic rings. The number of anilines is 2. The molecule has 1 fully saturated rings. The van der Waals surface area contributed by atoms with Crippen molar-refractivity contribution in [3.05, 3.63) is 59.1 Å². The molecule has 0 radical (unpaired) electrons. The van der Waals surface area contributed by atoms with E-state index in [0.29, 0.717) is 22.0 Å². The zero-order chi connectivity index (χ0) is 25.5. The van der Waals surface area contributed by atoms with Crippen molar-refractivity contribution in [1.29, 1.82) is 0 Å². The minimum Gasteiger partial charge on any atom is -0.462 e. The molecular weight excluding hydrogens is 492 g/mol. The van der Waals surface area contributed by atoms with Crippen molar-refractivity contribution >= 4 is 64.0 Å². The van der Waals surface area contributed by atoms with E-state index in [-0.39, 0.29) is 43.0 Å². The van der Waals surface area contributed by atoms with Gasteiger partial charge in [-0.25, -0.2) is 4.79 Å². The number of hydrogen-bond donors (Lipinski definition) is 2. The maximum absolute atomic E-state index is 13.3. The Morgan fingerprint density at radius 3 is 2.49 bits per heavy atom. The number of esters is 1. The average Bonchev–Trinajstić information content (AvgIpc) is 3.03. The summed E-state index contributed by atoms with van der Waals surface area (Å²) >= 11 is 11.7. The van der Waals surface area contributed by atoms with E-state index in [4.69, 9.17) is 28.6 Å². The number of halogens is 1. The number of nitrogens with zero attached hydrogens (tertiary/aromatic N) is 2. The highest BCUT2D eigenvalue weighted by Crippen LogP contribution is 2.29. The van der Waals surface area contributed by atoms with E-state index in [1.54, 1.807) is 60.4 Å². The molecule has 2 N–H and O–H groups in total. The summed E-state index contributed by atoms with van der Waals surface area (Å²) in [6.07, 6.45) is -0.171. The molecule has 35 heavy (non-hydrogen) atoms. The van der Waals surface area contributed by atoms with Crippen LogP contribution >= 0.6 is 23.8 Å². The van der Waals surface area contributed by atoms with Crippen LogP contribution in [0.15, 0.2) is 48.5 Å². The molecular formula is C24H25ClN4O5S. The Morgan fingerprint density at radius 1 is 1.14 bits per heavy atom. The quantitative estimate of drug-likeness (QED) is 0.389. The normalized spacial score (nSPS) is 15.2. The van der Waals surface area contributed by atoms with Crippen molar-refractivity contribution in [2.24, 2.45) is 0 Å². The molecule has 0 aliphatic carbocycles. The van der Waals surface area contributed by atoms with Crippen LogP contribution in [-0.4, -0.2) is 59.4 Å². The first-order chi connectivity index (χ1) is 16.7. The molecule has 0 spiro atoms. The first-order valence-corrected chi connectivity index (χ1v) is 11.7. The van der Waals surface area contributed by atoms with Crippen molar-refractivity contribution in [3.8, 4) is 0 Å². The predicted molar refractivity (Wildman–Crippen MR) is 136 cm³/mol. The molecule has 3 rings (SSSR count). The molecule has 0 aromatic heterocycles. The summed E-state index contributed by atoms with van der Waals surface area (Å²) in [5, 5.41) is 6.08. The van der Waals surface area contributed by atoms with Gasteiger partial charge in [0.1, 0.15) is 6.04 Å². The minimum atomic E-state index is -0.867. The van der Waals surface area contributed by atoms with Gasteiger partial charge in [0, 0.05) is 30.7 Å². The van der Waals surface area contributed by atoms with Gasteiger partial charge in [0.25, 0.3) is 5.91 Å². The fourth-order valence-electron chi connectivity index (χ4n) is 3.58. The third kappa shape index (κ3) is 6.55. The lowest BCUT2D eigenvalue weighted by Gasteiger charge is -2.24. The number of benzene rings is 2. The fourth-order valence-corrected chi connectivity index (χ4v) is 4.18. The summed E-state index contributed by atoms with van der Waals surface area (Å²) in [4.78, 5) is 52.3. The van der Waals surface area contributed by atoms with Gasteiger partial charge in [-0.15, -0.1) is 0 Å². The van der Waals surface area contributed by atoms with Crippen LogP contribution in [0.3, 0.4) is 0 Å². The van der Waals surface area contributed by atoms with Gasteiger partial charge in [-0.3, -0.25) is 19.3 Å². The molecule has 1 heterocycles. The van der Waals surface area contributed by atoms with E-state index in [1.165, 1.54) is 11.8 Å². The highest BCUT2D eigenvalue weighted by atomic mass is 35.5. The number of hydrogen-bond acceptors (Lipinski definition) is 6. The molecule has 184 valence electrons. The third-order valence-electron chi connectivity index (χ3n) is 5.17. The Hall–Kier alpha value is -3.50. The number of rotatable bonds is 9. The van der Waals surface area contributed by atoms with Gasteiger partial charge < -0.3 is 20.3 Å². The smallest absolute Gasteiger partial charge is 0.338 e. The van der Waals surface area contributed by atoms with Crippen molar-refractivity contribution in [2.75, 3.05) is 29.9 Å². The Morgan fingerprint density at radius 2 is 1.86 bits per heavy atom. The average molecular weight is 517 g/mol. The van der Waals surface area contributed by atoms with Crippen molar-refractivity contribution in [3.63, 3.8) is 0 Å². The van der Waals surface area contributed by atoms with Gasteiger partial charge in [-0.05, 0) is 61.6 Å². The molecule has 0 bridgehead atoms. The lowest BCUT2D eigenvalue weighted by molar-refractivity contribution is -0.124. The largest absolute Gasteiger partial charge is 0.462 e. The summed E-state index contributed by atoms with van der Waals surface area (Å²) in [6, 6.07) is 12.1. The number of nitrogens with one attached hydrogen (secondary N) is 2. The van der Waals surface area contributed by atoms with Crippen molar-refractivity contribution in [1.82, 2.24) is 10.2 Å². The highest BCUT2D eigenvalue weighted by Gasteiger charge is 2.44. The summed E-state index contributed by atoms with van der Waals surface area (Å²) in [6.45, 7) is 3.87. The zero-order valence-electron chi connectivity index (χ0n) is 19.2. The summed E-state index contributed by atoms with van der Waals surface area (Å²) in [7, 11) is 0. The topological polar surface area (TPSA) is 108 Å². The maximum atomic E-state index is 13.3. The minimum absolute atomic E-state index is 0.171. The summed E-state index contributed by atoms with van der Waals surface area (Å²) in [5.74, 6) is -1.44. The SMILES string of the molecule is CCOC(=O)c1ccc(NC(=O)CC2C(=O)N(c3cccc(Cl)c3)C(=S)N2CCNC(C)=O)cc1. The van der Waals surface area contributed by atoms with Gasteiger partial charge in [-0.1, -0.05) is 17.7 Å². The first kappa shape index (κ1) is 26.1. The molecule has 3 amide bonds. The monoisotopic (exact) mass is 516 g/mol. The van der Waals surface area contributed by atoms with Crippen molar-refractivity contribution < 1.29 is 23.9 Å². The summed E-state index contributed by atoms with van der Waals surface area (Å²) in [5.41, 5.74) is 1.32. The second kappa shape index (κ2) is 11.8. The molecule has 0 saturated carbocycles. The van der Waals surface area contributed by atoms with Gasteiger partial charge in [0.15, 0.2) is 5.11 Å².